The maximum absolute atomic E-state index is 11.7. The highest BCUT2D eigenvalue weighted by molar-refractivity contribution is 6.77. The molecule has 154 valence electrons. The molecule has 0 unspecified atom stereocenters. The van der Waals surface area contributed by atoms with Crippen LogP contribution < -0.4 is 0 Å². The molecule has 0 aromatic heterocycles. The summed E-state index contributed by atoms with van der Waals surface area (Å²) in [5.41, 5.74) is 2.79. The molecule has 0 aliphatic carbocycles. The van der Waals surface area contributed by atoms with Crippen LogP contribution in [0.1, 0.15) is 68.2 Å². The summed E-state index contributed by atoms with van der Waals surface area (Å²) >= 11 is 0. The van der Waals surface area contributed by atoms with Crippen LogP contribution in [0.25, 0.3) is 0 Å². The van der Waals surface area contributed by atoms with E-state index in [1.54, 1.807) is 6.08 Å². The number of ether oxygens (including phenoxy) is 1. The zero-order valence-corrected chi connectivity index (χ0v) is 19.6. The van der Waals surface area contributed by atoms with E-state index >= 15 is 0 Å². The molecule has 0 spiro atoms. The lowest BCUT2D eigenvalue weighted by Crippen LogP contribution is -2.50. The Morgan fingerprint density at radius 2 is 1.59 bits per heavy atom. The summed E-state index contributed by atoms with van der Waals surface area (Å²) < 4.78 is 12.2. The first kappa shape index (κ1) is 23.9. The number of cyclic esters (lactones) is 1. The summed E-state index contributed by atoms with van der Waals surface area (Å²) in [6.45, 7) is 18.5. The van der Waals surface area contributed by atoms with Crippen molar-refractivity contribution in [1.29, 1.82) is 0 Å². The second-order valence-electron chi connectivity index (χ2n) is 8.83. The second kappa shape index (κ2) is 11.0. The van der Waals surface area contributed by atoms with Gasteiger partial charge in [0.2, 0.25) is 8.32 Å². The van der Waals surface area contributed by atoms with E-state index in [2.05, 4.69) is 60.6 Å². The fourth-order valence-corrected chi connectivity index (χ4v) is 9.80. The van der Waals surface area contributed by atoms with Crippen molar-refractivity contribution >= 4 is 14.3 Å². The Balaban J connectivity index is 3.14. The first-order valence-electron chi connectivity index (χ1n) is 10.5. The zero-order valence-electron chi connectivity index (χ0n) is 18.6. The highest BCUT2D eigenvalue weighted by atomic mass is 28.4. The van der Waals surface area contributed by atoms with Gasteiger partial charge >= 0.3 is 5.97 Å². The van der Waals surface area contributed by atoms with Gasteiger partial charge in [-0.15, -0.1) is 0 Å². The van der Waals surface area contributed by atoms with Gasteiger partial charge in [-0.25, -0.2) is 4.79 Å². The van der Waals surface area contributed by atoms with Crippen LogP contribution in [0.15, 0.2) is 36.0 Å². The first-order chi connectivity index (χ1) is 12.6. The average molecular weight is 393 g/mol. The first-order valence-corrected chi connectivity index (χ1v) is 12.6. The minimum absolute atomic E-state index is 0.112. The van der Waals surface area contributed by atoms with Crippen LogP contribution in [-0.4, -0.2) is 27.0 Å². The van der Waals surface area contributed by atoms with Crippen LogP contribution in [0.3, 0.4) is 0 Å². The van der Waals surface area contributed by atoms with E-state index in [0.717, 1.165) is 18.4 Å². The van der Waals surface area contributed by atoms with Crippen molar-refractivity contribution in [3.63, 3.8) is 0 Å². The number of carbonyl (C=O) groups is 1. The van der Waals surface area contributed by atoms with Gasteiger partial charge in [0.05, 0.1) is 6.10 Å². The monoisotopic (exact) mass is 392 g/mol. The molecule has 0 fully saturated rings. The average Bonchev–Trinajstić information content (AvgIpc) is 2.58. The third-order valence-corrected chi connectivity index (χ3v) is 11.9. The molecule has 0 bridgehead atoms. The quantitative estimate of drug-likeness (QED) is 0.391. The van der Waals surface area contributed by atoms with Crippen molar-refractivity contribution in [2.75, 3.05) is 6.61 Å². The van der Waals surface area contributed by atoms with Crippen LogP contribution in [0.4, 0.5) is 0 Å². The lowest BCUT2D eigenvalue weighted by Gasteiger charge is -2.44. The van der Waals surface area contributed by atoms with E-state index in [4.69, 9.17) is 9.16 Å². The van der Waals surface area contributed by atoms with Gasteiger partial charge in [-0.3, -0.25) is 0 Å². The highest BCUT2D eigenvalue weighted by Gasteiger charge is 2.46. The smallest absolute Gasteiger partial charge is 0.330 e. The van der Waals surface area contributed by atoms with Gasteiger partial charge in [0.25, 0.3) is 0 Å². The Hall–Kier alpha value is -1.13. The van der Waals surface area contributed by atoms with E-state index in [0.29, 0.717) is 29.1 Å². The molecule has 0 aromatic carbocycles. The molecule has 0 amide bonds. The molecule has 3 nitrogen and oxygen atoms in total. The Kier molecular flexibility index (Phi) is 9.75. The normalized spacial score (nSPS) is 27.4. The Labute approximate surface area is 168 Å². The predicted octanol–water partition coefficient (Wildman–Crippen LogP) is 6.58. The third-order valence-electron chi connectivity index (χ3n) is 5.73. The molecule has 0 aromatic rings. The van der Waals surface area contributed by atoms with Gasteiger partial charge in [0.15, 0.2) is 0 Å². The molecule has 0 radical (unpaired) electrons. The van der Waals surface area contributed by atoms with Gasteiger partial charge in [0, 0.05) is 6.08 Å². The molecule has 0 saturated heterocycles. The summed E-state index contributed by atoms with van der Waals surface area (Å²) in [5.74, 6) is 0.0489. The summed E-state index contributed by atoms with van der Waals surface area (Å²) in [6.07, 6.45) is 11.9. The van der Waals surface area contributed by atoms with Crippen LogP contribution in [-0.2, 0) is 14.0 Å². The molecule has 27 heavy (non-hydrogen) atoms. The minimum Gasteiger partial charge on any atom is -0.458 e. The molecule has 0 N–H and O–H groups in total. The highest BCUT2D eigenvalue weighted by Crippen LogP contribution is 2.43. The maximum atomic E-state index is 11.7. The van der Waals surface area contributed by atoms with Crippen LogP contribution in [0.2, 0.25) is 16.6 Å². The fraction of sp³-hybridized carbons (Fsp3) is 0.696. The number of carbonyl (C=O) groups excluding carboxylic acids is 1. The predicted molar refractivity (Wildman–Crippen MR) is 117 cm³/mol. The molecule has 1 heterocycles. The summed E-state index contributed by atoms with van der Waals surface area (Å²) in [5, 5.41) is 0. The van der Waals surface area contributed by atoms with Crippen LogP contribution in [0.5, 0.6) is 0 Å². The van der Waals surface area contributed by atoms with Crippen molar-refractivity contribution < 1.29 is 14.0 Å². The Morgan fingerprint density at radius 1 is 1.00 bits per heavy atom. The van der Waals surface area contributed by atoms with Gasteiger partial charge < -0.3 is 9.16 Å². The zero-order chi connectivity index (χ0) is 20.6. The summed E-state index contributed by atoms with van der Waals surface area (Å²) in [7, 11) is -1.94. The van der Waals surface area contributed by atoms with E-state index < -0.39 is 8.32 Å². The van der Waals surface area contributed by atoms with E-state index in [1.807, 2.05) is 19.1 Å². The van der Waals surface area contributed by atoms with Crippen molar-refractivity contribution in [2.24, 2.45) is 5.92 Å². The topological polar surface area (TPSA) is 35.5 Å². The van der Waals surface area contributed by atoms with Crippen molar-refractivity contribution in [3.05, 3.63) is 36.0 Å². The molecule has 2 atom stereocenters. The van der Waals surface area contributed by atoms with Gasteiger partial charge in [-0.05, 0) is 48.4 Å². The number of rotatable bonds is 5. The lowest BCUT2D eigenvalue weighted by atomic mass is 10.0. The number of hydrogen-bond donors (Lipinski definition) is 0. The Bertz CT molecular complexity index is 536. The van der Waals surface area contributed by atoms with Crippen molar-refractivity contribution in [2.45, 2.75) is 91.0 Å². The fourth-order valence-electron chi connectivity index (χ4n) is 4.26. The molecule has 0 saturated carbocycles. The van der Waals surface area contributed by atoms with Crippen LogP contribution >= 0.6 is 0 Å². The lowest BCUT2D eigenvalue weighted by molar-refractivity contribution is -0.136. The molecule has 1 aliphatic rings. The second-order valence-corrected chi connectivity index (χ2v) is 14.2. The SMILES string of the molecule is CC1=C/COC(=O)/C=C/[C@@H](C)CC[C@@H](O[Si](C(C)C)(C(C)C)C(C)C)\C=C\1. The van der Waals surface area contributed by atoms with Gasteiger partial charge in [-0.2, -0.15) is 0 Å². The molecule has 4 heteroatoms. The third kappa shape index (κ3) is 7.08. The summed E-state index contributed by atoms with van der Waals surface area (Å²) in [4.78, 5) is 11.7. The number of hydrogen-bond acceptors (Lipinski definition) is 3. The standard InChI is InChI=1S/C23H40O3Si/c1-17(2)27(18(3)4,19(5)6)26-22-12-9-20(7)11-14-23(24)25-16-15-21(8)10-13-22/h10-11,13-15,17-20,22H,9,12,16H2,1-8H3/b13-10+,14-11+,21-15-/t20-,22+/m0/s1. The largest absolute Gasteiger partial charge is 0.458 e. The van der Waals surface area contributed by atoms with Crippen LogP contribution in [0, 0.1) is 5.92 Å². The molecule has 1 aliphatic heterocycles. The Morgan fingerprint density at radius 3 is 2.15 bits per heavy atom. The van der Waals surface area contributed by atoms with Crippen molar-refractivity contribution in [1.82, 2.24) is 0 Å². The minimum atomic E-state index is -1.94. The molecular formula is C23H40O3Si. The van der Waals surface area contributed by atoms with E-state index in [9.17, 15) is 4.79 Å². The number of esters is 1. The van der Waals surface area contributed by atoms with E-state index in [1.165, 1.54) is 0 Å². The van der Waals surface area contributed by atoms with Gasteiger partial charge in [-0.1, -0.05) is 72.3 Å². The molecule has 1 rings (SSSR count). The molecular weight excluding hydrogens is 352 g/mol. The van der Waals surface area contributed by atoms with E-state index in [-0.39, 0.29) is 12.1 Å². The van der Waals surface area contributed by atoms with Gasteiger partial charge in [0.1, 0.15) is 6.61 Å². The summed E-state index contributed by atoms with van der Waals surface area (Å²) in [6, 6.07) is 0. The van der Waals surface area contributed by atoms with Crippen molar-refractivity contribution in [3.8, 4) is 0 Å². The number of allylic oxidation sites excluding steroid dienone is 3. The maximum Gasteiger partial charge on any atom is 0.330 e.